The minimum atomic E-state index is -0.708. The third-order valence-corrected chi connectivity index (χ3v) is 3.17. The maximum absolute atomic E-state index is 10.4. The van der Waals surface area contributed by atoms with E-state index in [4.69, 9.17) is 0 Å². The molecule has 0 aliphatic heterocycles. The molecule has 0 amide bonds. The van der Waals surface area contributed by atoms with Crippen molar-refractivity contribution in [2.75, 3.05) is 0 Å². The Morgan fingerprint density at radius 2 is 2.07 bits per heavy atom. The Balaban J connectivity index is 3.03. The lowest BCUT2D eigenvalue weighted by Crippen LogP contribution is -2.29. The third-order valence-electron chi connectivity index (χ3n) is 3.17. The highest BCUT2D eigenvalue weighted by Gasteiger charge is 2.28. The van der Waals surface area contributed by atoms with Crippen molar-refractivity contribution < 1.29 is 5.11 Å². The molecule has 0 aromatic heterocycles. The largest absolute Gasteiger partial charge is 0.385 e. The Morgan fingerprint density at radius 3 is 2.57 bits per heavy atom. The Labute approximate surface area is 86.8 Å². The van der Waals surface area contributed by atoms with E-state index in [2.05, 4.69) is 32.9 Å². The summed E-state index contributed by atoms with van der Waals surface area (Å²) in [6.45, 7) is 8.14. The third kappa shape index (κ3) is 2.16. The average Bonchev–Trinajstić information content (AvgIpc) is 2.16. The molecule has 0 radical (unpaired) electrons. The van der Waals surface area contributed by atoms with Crippen LogP contribution in [0.15, 0.2) is 24.3 Å². The monoisotopic (exact) mass is 192 g/mol. The van der Waals surface area contributed by atoms with Crippen molar-refractivity contribution in [3.8, 4) is 0 Å². The Bertz CT molecular complexity index is 302. The normalized spacial score (nSPS) is 17.5. The van der Waals surface area contributed by atoms with Crippen LogP contribution in [0, 0.1) is 12.8 Å². The lowest BCUT2D eigenvalue weighted by atomic mass is 9.82. The highest BCUT2D eigenvalue weighted by molar-refractivity contribution is 5.27. The molecule has 0 aliphatic rings. The maximum atomic E-state index is 10.4. The van der Waals surface area contributed by atoms with Crippen molar-refractivity contribution in [1.82, 2.24) is 0 Å². The van der Waals surface area contributed by atoms with Crippen LogP contribution < -0.4 is 0 Å². The highest BCUT2D eigenvalue weighted by atomic mass is 16.3. The first-order valence-electron chi connectivity index (χ1n) is 5.28. The van der Waals surface area contributed by atoms with E-state index >= 15 is 0 Å². The van der Waals surface area contributed by atoms with Crippen molar-refractivity contribution in [1.29, 1.82) is 0 Å². The molecule has 1 rings (SSSR count). The number of hydrogen-bond acceptors (Lipinski definition) is 1. The molecule has 0 fully saturated rings. The lowest BCUT2D eigenvalue weighted by Gasteiger charge is -2.30. The van der Waals surface area contributed by atoms with Gasteiger partial charge < -0.3 is 5.11 Å². The zero-order valence-electron chi connectivity index (χ0n) is 9.54. The summed E-state index contributed by atoms with van der Waals surface area (Å²) < 4.78 is 0. The molecule has 1 nitrogen and oxygen atoms in total. The molecule has 14 heavy (non-hydrogen) atoms. The zero-order chi connectivity index (χ0) is 10.8. The molecule has 0 aliphatic carbocycles. The minimum Gasteiger partial charge on any atom is -0.385 e. The van der Waals surface area contributed by atoms with Gasteiger partial charge in [-0.2, -0.15) is 0 Å². The molecular formula is C13H20O. The molecular weight excluding hydrogens is 172 g/mol. The van der Waals surface area contributed by atoms with Gasteiger partial charge in [-0.3, -0.25) is 0 Å². The van der Waals surface area contributed by atoms with E-state index in [-0.39, 0.29) is 5.92 Å². The van der Waals surface area contributed by atoms with Crippen LogP contribution in [0.3, 0.4) is 0 Å². The van der Waals surface area contributed by atoms with Gasteiger partial charge >= 0.3 is 0 Å². The molecule has 0 saturated carbocycles. The van der Waals surface area contributed by atoms with Crippen LogP contribution in [-0.4, -0.2) is 5.11 Å². The molecule has 0 saturated heterocycles. The summed E-state index contributed by atoms with van der Waals surface area (Å²) in [6.07, 6.45) is 0.987. The zero-order valence-corrected chi connectivity index (χ0v) is 9.54. The second kappa shape index (κ2) is 4.14. The van der Waals surface area contributed by atoms with Crippen molar-refractivity contribution in [3.63, 3.8) is 0 Å². The van der Waals surface area contributed by atoms with Crippen LogP contribution in [-0.2, 0) is 5.60 Å². The fraction of sp³-hybridized carbons (Fsp3) is 0.538. The van der Waals surface area contributed by atoms with E-state index in [1.807, 2.05) is 19.1 Å². The molecule has 1 heteroatoms. The number of aryl methyl sites for hydroxylation is 1. The van der Waals surface area contributed by atoms with Gasteiger partial charge in [-0.25, -0.2) is 0 Å². The van der Waals surface area contributed by atoms with Gasteiger partial charge in [0, 0.05) is 0 Å². The molecule has 0 heterocycles. The summed E-state index contributed by atoms with van der Waals surface area (Å²) >= 11 is 0. The van der Waals surface area contributed by atoms with E-state index in [1.165, 1.54) is 5.56 Å². The van der Waals surface area contributed by atoms with Crippen LogP contribution >= 0.6 is 0 Å². The molecule has 2 atom stereocenters. The van der Waals surface area contributed by atoms with Crippen molar-refractivity contribution >= 4 is 0 Å². The van der Waals surface area contributed by atoms with E-state index in [1.54, 1.807) is 0 Å². The summed E-state index contributed by atoms with van der Waals surface area (Å²) in [5.74, 6) is 0.282. The summed E-state index contributed by atoms with van der Waals surface area (Å²) in [7, 11) is 0. The Kier molecular flexibility index (Phi) is 3.33. The molecule has 1 N–H and O–H groups in total. The van der Waals surface area contributed by atoms with Crippen molar-refractivity contribution in [2.45, 2.75) is 39.7 Å². The van der Waals surface area contributed by atoms with Gasteiger partial charge in [-0.15, -0.1) is 0 Å². The van der Waals surface area contributed by atoms with Gasteiger partial charge in [0.05, 0.1) is 5.60 Å². The molecule has 0 spiro atoms. The number of rotatable bonds is 3. The van der Waals surface area contributed by atoms with Gasteiger partial charge in [0.25, 0.3) is 0 Å². The van der Waals surface area contributed by atoms with Gasteiger partial charge in [-0.05, 0) is 25.3 Å². The fourth-order valence-corrected chi connectivity index (χ4v) is 1.64. The van der Waals surface area contributed by atoms with E-state index in [0.29, 0.717) is 0 Å². The van der Waals surface area contributed by atoms with Gasteiger partial charge in [-0.1, -0.05) is 50.1 Å². The number of aliphatic hydroxyl groups is 1. The first kappa shape index (κ1) is 11.3. The predicted octanol–water partition coefficient (Wildman–Crippen LogP) is 3.25. The molecule has 78 valence electrons. The second-order valence-electron chi connectivity index (χ2n) is 4.33. The smallest absolute Gasteiger partial charge is 0.0893 e. The van der Waals surface area contributed by atoms with Crippen LogP contribution in [0.4, 0.5) is 0 Å². The van der Waals surface area contributed by atoms with Crippen LogP contribution in [0.5, 0.6) is 0 Å². The summed E-state index contributed by atoms with van der Waals surface area (Å²) in [6, 6.07) is 8.11. The topological polar surface area (TPSA) is 20.2 Å². The van der Waals surface area contributed by atoms with Crippen LogP contribution in [0.1, 0.15) is 38.3 Å². The van der Waals surface area contributed by atoms with Gasteiger partial charge in [0.2, 0.25) is 0 Å². The first-order chi connectivity index (χ1) is 6.48. The summed E-state index contributed by atoms with van der Waals surface area (Å²) in [5.41, 5.74) is 1.51. The first-order valence-corrected chi connectivity index (χ1v) is 5.28. The number of hydrogen-bond donors (Lipinski definition) is 1. The average molecular weight is 192 g/mol. The predicted molar refractivity (Wildman–Crippen MR) is 60.2 cm³/mol. The summed E-state index contributed by atoms with van der Waals surface area (Å²) in [5, 5.41) is 10.4. The van der Waals surface area contributed by atoms with Crippen LogP contribution in [0.25, 0.3) is 0 Å². The maximum Gasteiger partial charge on any atom is 0.0893 e. The van der Waals surface area contributed by atoms with Gasteiger partial charge in [0.1, 0.15) is 0 Å². The summed E-state index contributed by atoms with van der Waals surface area (Å²) in [4.78, 5) is 0. The van der Waals surface area contributed by atoms with E-state index in [0.717, 1.165) is 12.0 Å². The molecule has 2 unspecified atom stereocenters. The molecule has 0 bridgehead atoms. The van der Waals surface area contributed by atoms with Gasteiger partial charge in [0.15, 0.2) is 0 Å². The Morgan fingerprint density at radius 1 is 1.43 bits per heavy atom. The quantitative estimate of drug-likeness (QED) is 0.779. The van der Waals surface area contributed by atoms with E-state index in [9.17, 15) is 5.11 Å². The Hall–Kier alpha value is -0.820. The fourth-order valence-electron chi connectivity index (χ4n) is 1.64. The van der Waals surface area contributed by atoms with Crippen molar-refractivity contribution in [2.24, 2.45) is 5.92 Å². The number of benzene rings is 1. The highest BCUT2D eigenvalue weighted by Crippen LogP contribution is 2.31. The lowest BCUT2D eigenvalue weighted by molar-refractivity contribution is -0.0000274. The van der Waals surface area contributed by atoms with Crippen molar-refractivity contribution in [3.05, 3.63) is 35.4 Å². The van der Waals surface area contributed by atoms with E-state index < -0.39 is 5.60 Å². The molecule has 1 aromatic carbocycles. The molecule has 1 aromatic rings. The van der Waals surface area contributed by atoms with Crippen LogP contribution in [0.2, 0.25) is 0 Å². The minimum absolute atomic E-state index is 0.282. The SMILES string of the molecule is CCC(C)C(C)(O)c1cccc(C)c1. The standard InChI is InChI=1S/C13H20O/c1-5-11(3)13(4,14)12-8-6-7-10(2)9-12/h6-9,11,14H,5H2,1-4H3. The second-order valence-corrected chi connectivity index (χ2v) is 4.33.